The second-order valence-corrected chi connectivity index (χ2v) is 5.24. The summed E-state index contributed by atoms with van der Waals surface area (Å²) in [6.07, 6.45) is 1.97. The highest BCUT2D eigenvalue weighted by Gasteiger charge is 2.35. The van der Waals surface area contributed by atoms with E-state index in [-0.39, 0.29) is 24.4 Å². The van der Waals surface area contributed by atoms with E-state index >= 15 is 0 Å². The molecule has 0 aliphatic carbocycles. The minimum atomic E-state index is -0.857. The number of hydrogen-bond acceptors (Lipinski definition) is 3. The molecule has 19 heavy (non-hydrogen) atoms. The maximum atomic E-state index is 12.2. The molecule has 0 aromatic heterocycles. The van der Waals surface area contributed by atoms with Gasteiger partial charge in [0.2, 0.25) is 5.91 Å². The number of amides is 3. The fourth-order valence-electron chi connectivity index (χ4n) is 2.72. The number of urea groups is 1. The maximum Gasteiger partial charge on any atom is 0.320 e. The van der Waals surface area contributed by atoms with Gasteiger partial charge in [-0.3, -0.25) is 9.59 Å². The van der Waals surface area contributed by atoms with Crippen molar-refractivity contribution < 1.29 is 19.5 Å². The number of carboxylic acid groups (broad SMARTS) is 1. The molecule has 2 heterocycles. The van der Waals surface area contributed by atoms with E-state index < -0.39 is 11.9 Å². The molecule has 0 radical (unpaired) electrons. The van der Waals surface area contributed by atoms with Crippen molar-refractivity contribution in [1.82, 2.24) is 9.80 Å². The first-order chi connectivity index (χ1) is 8.99. The fraction of sp³-hybridized carbons (Fsp3) is 0.750. The molecule has 3 N–H and O–H groups in total. The third-order valence-corrected chi connectivity index (χ3v) is 3.90. The lowest BCUT2D eigenvalue weighted by atomic mass is 9.98. The van der Waals surface area contributed by atoms with Gasteiger partial charge in [0.1, 0.15) is 0 Å². The molecule has 2 aliphatic heterocycles. The number of carbonyl (C=O) groups is 3. The number of primary amides is 1. The molecule has 2 fully saturated rings. The third kappa shape index (κ3) is 2.97. The lowest BCUT2D eigenvalue weighted by Crippen LogP contribution is -2.49. The highest BCUT2D eigenvalue weighted by Crippen LogP contribution is 2.21. The highest BCUT2D eigenvalue weighted by molar-refractivity contribution is 5.80. The van der Waals surface area contributed by atoms with Gasteiger partial charge in [0.25, 0.3) is 0 Å². The summed E-state index contributed by atoms with van der Waals surface area (Å²) in [4.78, 5) is 37.5. The molecule has 7 nitrogen and oxygen atoms in total. The fourth-order valence-corrected chi connectivity index (χ4v) is 2.72. The number of nitrogens with zero attached hydrogens (tertiary/aromatic N) is 2. The van der Waals surface area contributed by atoms with Crippen LogP contribution < -0.4 is 5.73 Å². The first-order valence-corrected chi connectivity index (χ1v) is 6.55. The van der Waals surface area contributed by atoms with Gasteiger partial charge in [0.05, 0.1) is 11.8 Å². The molecular weight excluding hydrogens is 250 g/mol. The highest BCUT2D eigenvalue weighted by atomic mass is 16.4. The van der Waals surface area contributed by atoms with Crippen molar-refractivity contribution in [3.05, 3.63) is 0 Å². The Morgan fingerprint density at radius 3 is 2.21 bits per heavy atom. The van der Waals surface area contributed by atoms with Gasteiger partial charge in [-0.2, -0.15) is 0 Å². The van der Waals surface area contributed by atoms with Crippen molar-refractivity contribution in [3.63, 3.8) is 0 Å². The summed E-state index contributed by atoms with van der Waals surface area (Å²) < 4.78 is 0. The van der Waals surface area contributed by atoms with E-state index in [1.54, 1.807) is 9.80 Å². The van der Waals surface area contributed by atoms with Crippen LogP contribution in [0.1, 0.15) is 19.3 Å². The molecule has 2 aliphatic rings. The standard InChI is InChI=1S/C12H19N3O4/c13-10(16)8-2-1-4-14(6-8)12(19)15-5-3-9(7-15)11(17)18/h8-9H,1-7H2,(H2,13,16)(H,17,18). The van der Waals surface area contributed by atoms with E-state index in [9.17, 15) is 14.4 Å². The van der Waals surface area contributed by atoms with Crippen molar-refractivity contribution in [1.29, 1.82) is 0 Å². The zero-order valence-electron chi connectivity index (χ0n) is 10.7. The molecule has 0 aromatic carbocycles. The van der Waals surface area contributed by atoms with E-state index in [0.29, 0.717) is 26.1 Å². The van der Waals surface area contributed by atoms with Crippen molar-refractivity contribution in [2.75, 3.05) is 26.2 Å². The van der Waals surface area contributed by atoms with Crippen molar-refractivity contribution >= 4 is 17.9 Å². The van der Waals surface area contributed by atoms with E-state index in [1.165, 1.54) is 0 Å². The number of carbonyl (C=O) groups excluding carboxylic acids is 2. The molecular formula is C12H19N3O4. The maximum absolute atomic E-state index is 12.2. The zero-order chi connectivity index (χ0) is 14.0. The Bertz CT molecular complexity index is 398. The molecule has 2 unspecified atom stereocenters. The molecule has 0 aromatic rings. The number of hydrogen-bond donors (Lipinski definition) is 2. The van der Waals surface area contributed by atoms with Gasteiger partial charge in [-0.15, -0.1) is 0 Å². The summed E-state index contributed by atoms with van der Waals surface area (Å²) in [5.74, 6) is -1.98. The Hall–Kier alpha value is -1.79. The topological polar surface area (TPSA) is 104 Å². The average Bonchev–Trinajstić information content (AvgIpc) is 2.87. The predicted molar refractivity (Wildman–Crippen MR) is 66.2 cm³/mol. The van der Waals surface area contributed by atoms with Crippen LogP contribution >= 0.6 is 0 Å². The molecule has 0 bridgehead atoms. The summed E-state index contributed by atoms with van der Waals surface area (Å²) in [5.41, 5.74) is 5.28. The normalized spacial score (nSPS) is 27.4. The molecule has 106 valence electrons. The lowest BCUT2D eigenvalue weighted by molar-refractivity contribution is -0.141. The van der Waals surface area contributed by atoms with Gasteiger partial charge in [-0.1, -0.05) is 0 Å². The molecule has 2 saturated heterocycles. The number of nitrogens with two attached hydrogens (primary N) is 1. The Balaban J connectivity index is 1.93. The van der Waals surface area contributed by atoms with Gasteiger partial charge in [-0.05, 0) is 19.3 Å². The van der Waals surface area contributed by atoms with E-state index in [4.69, 9.17) is 10.8 Å². The SMILES string of the molecule is NC(=O)C1CCCN(C(=O)N2CCC(C(=O)O)C2)C1. The molecule has 7 heteroatoms. The number of piperidine rings is 1. The van der Waals surface area contributed by atoms with Crippen LogP contribution in [-0.4, -0.2) is 59.0 Å². The van der Waals surface area contributed by atoms with E-state index in [1.807, 2.05) is 0 Å². The van der Waals surface area contributed by atoms with Gasteiger partial charge in [0, 0.05) is 26.2 Å². The van der Waals surface area contributed by atoms with Crippen LogP contribution in [0.2, 0.25) is 0 Å². The van der Waals surface area contributed by atoms with Crippen molar-refractivity contribution in [2.45, 2.75) is 19.3 Å². The molecule has 0 spiro atoms. The van der Waals surface area contributed by atoms with Gasteiger partial charge < -0.3 is 20.6 Å². The average molecular weight is 269 g/mol. The van der Waals surface area contributed by atoms with Gasteiger partial charge in [-0.25, -0.2) is 4.79 Å². The minimum Gasteiger partial charge on any atom is -0.481 e. The largest absolute Gasteiger partial charge is 0.481 e. The first kappa shape index (κ1) is 13.6. The van der Waals surface area contributed by atoms with E-state index in [0.717, 1.165) is 12.8 Å². The molecule has 2 rings (SSSR count). The van der Waals surface area contributed by atoms with Gasteiger partial charge >= 0.3 is 12.0 Å². The summed E-state index contributed by atoms with van der Waals surface area (Å²) in [6.45, 7) is 1.68. The Morgan fingerprint density at radius 1 is 1.00 bits per heavy atom. The third-order valence-electron chi connectivity index (χ3n) is 3.90. The second-order valence-electron chi connectivity index (χ2n) is 5.24. The summed E-state index contributed by atoms with van der Waals surface area (Å²) in [5, 5.41) is 8.93. The van der Waals surface area contributed by atoms with Crippen LogP contribution in [0.25, 0.3) is 0 Å². The van der Waals surface area contributed by atoms with Crippen LogP contribution in [0.5, 0.6) is 0 Å². The monoisotopic (exact) mass is 269 g/mol. The van der Waals surface area contributed by atoms with Crippen LogP contribution in [0.15, 0.2) is 0 Å². The van der Waals surface area contributed by atoms with Crippen molar-refractivity contribution in [2.24, 2.45) is 17.6 Å². The Morgan fingerprint density at radius 2 is 1.63 bits per heavy atom. The second kappa shape index (κ2) is 5.46. The Kier molecular flexibility index (Phi) is 3.92. The van der Waals surface area contributed by atoms with Crippen LogP contribution in [0.4, 0.5) is 4.79 Å². The molecule has 2 atom stereocenters. The number of likely N-dealkylation sites (tertiary alicyclic amines) is 2. The Labute approximate surface area is 111 Å². The molecule has 0 saturated carbocycles. The van der Waals surface area contributed by atoms with Crippen LogP contribution in [0, 0.1) is 11.8 Å². The van der Waals surface area contributed by atoms with E-state index in [2.05, 4.69) is 0 Å². The summed E-state index contributed by atoms with van der Waals surface area (Å²) in [7, 11) is 0. The summed E-state index contributed by atoms with van der Waals surface area (Å²) >= 11 is 0. The number of carboxylic acids is 1. The quantitative estimate of drug-likeness (QED) is 0.718. The number of aliphatic carboxylic acids is 1. The lowest BCUT2D eigenvalue weighted by Gasteiger charge is -2.34. The van der Waals surface area contributed by atoms with Crippen LogP contribution in [0.3, 0.4) is 0 Å². The van der Waals surface area contributed by atoms with Crippen molar-refractivity contribution in [3.8, 4) is 0 Å². The first-order valence-electron chi connectivity index (χ1n) is 6.55. The molecule has 3 amide bonds. The van der Waals surface area contributed by atoms with Crippen LogP contribution in [-0.2, 0) is 9.59 Å². The minimum absolute atomic E-state index is 0.172. The number of rotatable bonds is 2. The smallest absolute Gasteiger partial charge is 0.320 e. The predicted octanol–water partition coefficient (Wildman–Crippen LogP) is -0.290. The zero-order valence-corrected chi connectivity index (χ0v) is 10.7. The summed E-state index contributed by atoms with van der Waals surface area (Å²) in [6, 6.07) is -0.172. The van der Waals surface area contributed by atoms with Gasteiger partial charge in [0.15, 0.2) is 0 Å².